The van der Waals surface area contributed by atoms with Gasteiger partial charge in [0.05, 0.1) is 5.60 Å². The summed E-state index contributed by atoms with van der Waals surface area (Å²) in [6, 6.07) is 4.88. The van der Waals surface area contributed by atoms with Crippen molar-refractivity contribution in [2.75, 3.05) is 0 Å². The molecular weight excluding hydrogens is 243 g/mol. The molecule has 0 aliphatic carbocycles. The van der Waals surface area contributed by atoms with E-state index in [1.54, 1.807) is 20.0 Å². The van der Waals surface area contributed by atoms with E-state index in [1.807, 2.05) is 23.8 Å². The Hall–Kier alpha value is -1.68. The van der Waals surface area contributed by atoms with Gasteiger partial charge < -0.3 is 9.67 Å². The second-order valence-electron chi connectivity index (χ2n) is 5.52. The number of aliphatic hydroxyl groups is 1. The van der Waals surface area contributed by atoms with Gasteiger partial charge >= 0.3 is 0 Å². The number of hydrogen-bond acceptors (Lipinski definition) is 2. The van der Waals surface area contributed by atoms with Crippen LogP contribution in [-0.2, 0) is 6.54 Å². The van der Waals surface area contributed by atoms with Gasteiger partial charge in [0.2, 0.25) is 0 Å². The lowest BCUT2D eigenvalue weighted by atomic mass is 10.1. The standard InChI is InChI=1S/C15H19FN2O/c1-11-8-12(10-13(16)9-11)14-17-5-7-18(14)6-4-15(2,3)19/h5,7-10,19H,4,6H2,1-3H3. The Bertz CT molecular complexity index is 550. The zero-order valence-corrected chi connectivity index (χ0v) is 11.5. The van der Waals surface area contributed by atoms with E-state index in [-0.39, 0.29) is 5.82 Å². The molecule has 0 bridgehead atoms. The third kappa shape index (κ3) is 3.64. The Balaban J connectivity index is 2.28. The fraction of sp³-hybridized carbons (Fsp3) is 0.400. The van der Waals surface area contributed by atoms with Gasteiger partial charge in [-0.05, 0) is 51.0 Å². The van der Waals surface area contributed by atoms with Gasteiger partial charge in [-0.15, -0.1) is 0 Å². The molecule has 19 heavy (non-hydrogen) atoms. The van der Waals surface area contributed by atoms with Crippen molar-refractivity contribution in [3.8, 4) is 11.4 Å². The second kappa shape index (κ2) is 5.13. The van der Waals surface area contributed by atoms with E-state index in [2.05, 4.69) is 4.98 Å². The van der Waals surface area contributed by atoms with E-state index in [9.17, 15) is 9.50 Å². The topological polar surface area (TPSA) is 38.0 Å². The molecular formula is C15H19FN2O. The quantitative estimate of drug-likeness (QED) is 0.919. The highest BCUT2D eigenvalue weighted by Gasteiger charge is 2.14. The summed E-state index contributed by atoms with van der Waals surface area (Å²) in [5, 5.41) is 9.77. The summed E-state index contributed by atoms with van der Waals surface area (Å²) >= 11 is 0. The molecule has 2 rings (SSSR count). The molecule has 102 valence electrons. The van der Waals surface area contributed by atoms with Crippen molar-refractivity contribution < 1.29 is 9.50 Å². The molecule has 0 saturated heterocycles. The van der Waals surface area contributed by atoms with Crippen molar-refractivity contribution in [3.63, 3.8) is 0 Å². The van der Waals surface area contributed by atoms with Crippen LogP contribution in [0.1, 0.15) is 25.8 Å². The van der Waals surface area contributed by atoms with Crippen LogP contribution in [0.25, 0.3) is 11.4 Å². The van der Waals surface area contributed by atoms with Gasteiger partial charge in [-0.2, -0.15) is 0 Å². The highest BCUT2D eigenvalue weighted by Crippen LogP contribution is 2.21. The summed E-state index contributed by atoms with van der Waals surface area (Å²) in [7, 11) is 0. The number of nitrogens with zero attached hydrogens (tertiary/aromatic N) is 2. The second-order valence-corrected chi connectivity index (χ2v) is 5.52. The molecule has 0 aliphatic rings. The highest BCUT2D eigenvalue weighted by molar-refractivity contribution is 5.56. The van der Waals surface area contributed by atoms with Crippen LogP contribution in [0.3, 0.4) is 0 Å². The average Bonchev–Trinajstić information content (AvgIpc) is 2.72. The van der Waals surface area contributed by atoms with E-state index in [4.69, 9.17) is 0 Å². The largest absolute Gasteiger partial charge is 0.390 e. The number of benzene rings is 1. The molecule has 3 nitrogen and oxygen atoms in total. The molecule has 2 aromatic rings. The summed E-state index contributed by atoms with van der Waals surface area (Å²) in [4.78, 5) is 4.28. The van der Waals surface area contributed by atoms with Crippen molar-refractivity contribution >= 4 is 0 Å². The first kappa shape index (κ1) is 13.7. The predicted molar refractivity (Wildman–Crippen MR) is 73.3 cm³/mol. The van der Waals surface area contributed by atoms with E-state index in [0.29, 0.717) is 13.0 Å². The molecule has 0 amide bonds. The Morgan fingerprint density at radius 2 is 2.05 bits per heavy atom. The summed E-state index contributed by atoms with van der Waals surface area (Å²) in [5.41, 5.74) is 0.907. The lowest BCUT2D eigenvalue weighted by Crippen LogP contribution is -2.21. The van der Waals surface area contributed by atoms with Gasteiger partial charge in [-0.3, -0.25) is 0 Å². The van der Waals surface area contributed by atoms with Gasteiger partial charge in [0.1, 0.15) is 11.6 Å². The Labute approximate surface area is 112 Å². The van der Waals surface area contributed by atoms with Crippen molar-refractivity contribution in [1.82, 2.24) is 9.55 Å². The molecule has 1 N–H and O–H groups in total. The van der Waals surface area contributed by atoms with Gasteiger partial charge in [-0.1, -0.05) is 0 Å². The maximum absolute atomic E-state index is 13.4. The number of rotatable bonds is 4. The zero-order valence-electron chi connectivity index (χ0n) is 11.5. The van der Waals surface area contributed by atoms with E-state index in [0.717, 1.165) is 17.0 Å². The van der Waals surface area contributed by atoms with Gasteiger partial charge in [0, 0.05) is 24.5 Å². The summed E-state index contributed by atoms with van der Waals surface area (Å²) < 4.78 is 15.4. The molecule has 0 atom stereocenters. The molecule has 0 radical (unpaired) electrons. The smallest absolute Gasteiger partial charge is 0.139 e. The Morgan fingerprint density at radius 3 is 2.68 bits per heavy atom. The van der Waals surface area contributed by atoms with Crippen LogP contribution < -0.4 is 0 Å². The van der Waals surface area contributed by atoms with Crippen molar-refractivity contribution in [2.45, 2.75) is 39.3 Å². The molecule has 0 aliphatic heterocycles. The molecule has 0 fully saturated rings. The fourth-order valence-corrected chi connectivity index (χ4v) is 2.01. The predicted octanol–water partition coefficient (Wildman–Crippen LogP) is 3.16. The third-order valence-electron chi connectivity index (χ3n) is 2.98. The van der Waals surface area contributed by atoms with Crippen molar-refractivity contribution in [3.05, 3.63) is 42.0 Å². The van der Waals surface area contributed by atoms with Crippen LogP contribution >= 0.6 is 0 Å². The molecule has 0 saturated carbocycles. The van der Waals surface area contributed by atoms with Crippen LogP contribution in [0.15, 0.2) is 30.6 Å². The SMILES string of the molecule is Cc1cc(F)cc(-c2nccn2CCC(C)(C)O)c1. The van der Waals surface area contributed by atoms with Crippen LogP contribution in [-0.4, -0.2) is 20.3 Å². The minimum atomic E-state index is -0.723. The number of aryl methyl sites for hydroxylation is 2. The average molecular weight is 262 g/mol. The summed E-state index contributed by atoms with van der Waals surface area (Å²) in [6.45, 7) is 6.05. The van der Waals surface area contributed by atoms with Gasteiger partial charge in [0.25, 0.3) is 0 Å². The molecule has 0 unspecified atom stereocenters. The molecule has 1 aromatic carbocycles. The minimum absolute atomic E-state index is 0.257. The van der Waals surface area contributed by atoms with Crippen LogP contribution in [0, 0.1) is 12.7 Å². The summed E-state index contributed by atoms with van der Waals surface area (Å²) in [6.07, 6.45) is 4.16. The zero-order chi connectivity index (χ0) is 14.0. The van der Waals surface area contributed by atoms with Crippen LogP contribution in [0.4, 0.5) is 4.39 Å². The van der Waals surface area contributed by atoms with Crippen molar-refractivity contribution in [2.24, 2.45) is 0 Å². The van der Waals surface area contributed by atoms with E-state index < -0.39 is 5.60 Å². The molecule has 4 heteroatoms. The summed E-state index contributed by atoms with van der Waals surface area (Å²) in [5.74, 6) is 0.471. The third-order valence-corrected chi connectivity index (χ3v) is 2.98. The highest BCUT2D eigenvalue weighted by atomic mass is 19.1. The molecule has 0 spiro atoms. The monoisotopic (exact) mass is 262 g/mol. The molecule has 1 aromatic heterocycles. The number of aromatic nitrogens is 2. The van der Waals surface area contributed by atoms with E-state index >= 15 is 0 Å². The van der Waals surface area contributed by atoms with Crippen molar-refractivity contribution in [1.29, 1.82) is 0 Å². The fourth-order valence-electron chi connectivity index (χ4n) is 2.01. The minimum Gasteiger partial charge on any atom is -0.390 e. The van der Waals surface area contributed by atoms with E-state index in [1.165, 1.54) is 12.1 Å². The lowest BCUT2D eigenvalue weighted by Gasteiger charge is -2.18. The van der Waals surface area contributed by atoms with Crippen LogP contribution in [0.2, 0.25) is 0 Å². The Kier molecular flexibility index (Phi) is 3.71. The first-order valence-electron chi connectivity index (χ1n) is 6.36. The number of imidazole rings is 1. The molecule has 1 heterocycles. The Morgan fingerprint density at radius 1 is 1.32 bits per heavy atom. The first-order valence-corrected chi connectivity index (χ1v) is 6.36. The van der Waals surface area contributed by atoms with Gasteiger partial charge in [-0.25, -0.2) is 9.37 Å². The maximum Gasteiger partial charge on any atom is 0.139 e. The van der Waals surface area contributed by atoms with Gasteiger partial charge in [0.15, 0.2) is 0 Å². The number of halogens is 1. The maximum atomic E-state index is 13.4. The normalized spacial score (nSPS) is 11.8. The first-order chi connectivity index (χ1) is 8.85. The van der Waals surface area contributed by atoms with Crippen LogP contribution in [0.5, 0.6) is 0 Å². The number of hydrogen-bond donors (Lipinski definition) is 1. The lowest BCUT2D eigenvalue weighted by molar-refractivity contribution is 0.0663.